The molecule has 0 spiro atoms. The molecular formula is C10H17ClTi. The molecule has 0 aliphatic heterocycles. The van der Waals surface area contributed by atoms with Crippen LogP contribution in [0.25, 0.3) is 0 Å². The standard InChI is InChI=1S/C8H11.2CH3.ClH.Ti/c1-6-4-7(2)8(3)5-6;;;;/h4-5H,1-3H3;2*1H3;1H;/q3*-1;;+4/p-1. The molecule has 0 nitrogen and oxygen atoms in total. The third-order valence-corrected chi connectivity index (χ3v) is 1.51. The minimum atomic E-state index is 0. The summed E-state index contributed by atoms with van der Waals surface area (Å²) in [6.07, 6.45) is 0. The van der Waals surface area contributed by atoms with Crippen molar-refractivity contribution in [3.63, 3.8) is 0 Å². The van der Waals surface area contributed by atoms with Crippen LogP contribution in [0.3, 0.4) is 0 Å². The summed E-state index contributed by atoms with van der Waals surface area (Å²) < 4.78 is 0. The molecule has 0 N–H and O–H groups in total. The van der Waals surface area contributed by atoms with E-state index in [-0.39, 0.29) is 49.0 Å². The average Bonchev–Trinajstić information content (AvgIpc) is 1.85. The van der Waals surface area contributed by atoms with Gasteiger partial charge in [-0.1, -0.05) is 20.8 Å². The molecule has 0 unspecified atom stereocenters. The van der Waals surface area contributed by atoms with Crippen LogP contribution in [0.1, 0.15) is 16.7 Å². The topological polar surface area (TPSA) is 0 Å². The minimum absolute atomic E-state index is 0. The van der Waals surface area contributed by atoms with E-state index in [9.17, 15) is 0 Å². The number of hydrogen-bond donors (Lipinski definition) is 0. The van der Waals surface area contributed by atoms with Crippen LogP contribution in [-0.4, -0.2) is 0 Å². The van der Waals surface area contributed by atoms with Crippen molar-refractivity contribution in [1.29, 1.82) is 0 Å². The van der Waals surface area contributed by atoms with Crippen molar-refractivity contribution in [3.05, 3.63) is 43.7 Å². The Morgan fingerprint density at radius 2 is 1.58 bits per heavy atom. The molecule has 0 radical (unpaired) electrons. The second kappa shape index (κ2) is 9.44. The largest absolute Gasteiger partial charge is 4.00 e. The molecule has 0 bridgehead atoms. The molecule has 1 aromatic carbocycles. The SMILES string of the molecule is Cc1cc(C)[c-](C)c1.[CH3-].[CH3-].[Cl-].[Ti+4]. The van der Waals surface area contributed by atoms with Gasteiger partial charge in [0.15, 0.2) is 0 Å². The predicted octanol–water partition coefficient (Wildman–Crippen LogP) is 0.233. The Morgan fingerprint density at radius 3 is 1.67 bits per heavy atom. The van der Waals surface area contributed by atoms with Crippen LogP contribution in [0.2, 0.25) is 0 Å². The van der Waals surface area contributed by atoms with Crippen molar-refractivity contribution in [1.82, 2.24) is 0 Å². The van der Waals surface area contributed by atoms with E-state index in [0.717, 1.165) is 0 Å². The first kappa shape index (κ1) is 22.8. The van der Waals surface area contributed by atoms with E-state index < -0.39 is 0 Å². The van der Waals surface area contributed by atoms with E-state index in [1.165, 1.54) is 16.7 Å². The Labute approximate surface area is 98.4 Å². The van der Waals surface area contributed by atoms with Gasteiger partial charge in [-0.3, -0.25) is 0 Å². The predicted molar refractivity (Wildman–Crippen MR) is 49.1 cm³/mol. The Hall–Kier alpha value is 0.354. The van der Waals surface area contributed by atoms with E-state index >= 15 is 0 Å². The summed E-state index contributed by atoms with van der Waals surface area (Å²) in [4.78, 5) is 0. The normalized spacial score (nSPS) is 6.58. The van der Waals surface area contributed by atoms with Gasteiger partial charge in [-0.15, -0.1) is 0 Å². The third-order valence-electron chi connectivity index (χ3n) is 1.51. The third kappa shape index (κ3) is 5.94. The Balaban J connectivity index is -0.0000000800. The quantitative estimate of drug-likeness (QED) is 0.434. The van der Waals surface area contributed by atoms with Crippen LogP contribution in [0.15, 0.2) is 12.1 Å². The van der Waals surface area contributed by atoms with Crippen molar-refractivity contribution >= 4 is 0 Å². The minimum Gasteiger partial charge on any atom is -1.00 e. The fourth-order valence-electron chi connectivity index (χ4n) is 0.952. The molecule has 0 atom stereocenters. The van der Waals surface area contributed by atoms with E-state index in [0.29, 0.717) is 0 Å². The zero-order valence-electron chi connectivity index (χ0n) is 8.53. The van der Waals surface area contributed by atoms with Gasteiger partial charge in [-0.25, -0.2) is 11.6 Å². The molecule has 68 valence electrons. The van der Waals surface area contributed by atoms with Crippen molar-refractivity contribution in [3.8, 4) is 0 Å². The average molecular weight is 221 g/mol. The first-order valence-corrected chi connectivity index (χ1v) is 2.90. The molecule has 1 aromatic rings. The van der Waals surface area contributed by atoms with Gasteiger partial charge in [0.05, 0.1) is 0 Å². The smallest absolute Gasteiger partial charge is 1.00 e. The van der Waals surface area contributed by atoms with Gasteiger partial charge >= 0.3 is 21.7 Å². The molecule has 1 rings (SSSR count). The Bertz CT molecular complexity index is 172. The summed E-state index contributed by atoms with van der Waals surface area (Å²) in [6, 6.07) is 4.41. The molecule has 2 heteroatoms. The maximum atomic E-state index is 2.20. The van der Waals surface area contributed by atoms with E-state index in [1.54, 1.807) is 0 Å². The second-order valence-corrected chi connectivity index (χ2v) is 2.40. The van der Waals surface area contributed by atoms with Gasteiger partial charge in [-0.05, 0) is 0 Å². The van der Waals surface area contributed by atoms with Crippen LogP contribution in [0, 0.1) is 35.6 Å². The zero-order valence-corrected chi connectivity index (χ0v) is 10.9. The molecule has 0 aliphatic carbocycles. The van der Waals surface area contributed by atoms with E-state index in [1.807, 2.05) is 0 Å². The molecule has 0 heterocycles. The number of rotatable bonds is 0. The van der Waals surface area contributed by atoms with Gasteiger partial charge in [0.2, 0.25) is 0 Å². The van der Waals surface area contributed by atoms with Crippen LogP contribution in [0.4, 0.5) is 0 Å². The van der Waals surface area contributed by atoms with E-state index in [2.05, 4.69) is 32.9 Å². The van der Waals surface area contributed by atoms with Gasteiger partial charge < -0.3 is 27.3 Å². The summed E-state index contributed by atoms with van der Waals surface area (Å²) in [6.45, 7) is 6.41. The second-order valence-electron chi connectivity index (χ2n) is 2.40. The van der Waals surface area contributed by atoms with Crippen LogP contribution in [-0.2, 0) is 21.7 Å². The molecule has 0 aliphatic rings. The molecule has 0 fully saturated rings. The van der Waals surface area contributed by atoms with Crippen LogP contribution in [0.5, 0.6) is 0 Å². The van der Waals surface area contributed by atoms with Crippen molar-refractivity contribution in [2.24, 2.45) is 0 Å². The van der Waals surface area contributed by atoms with Crippen LogP contribution < -0.4 is 12.4 Å². The summed E-state index contributed by atoms with van der Waals surface area (Å²) in [5.74, 6) is 0. The van der Waals surface area contributed by atoms with Gasteiger partial charge in [-0.2, -0.15) is 17.2 Å². The maximum Gasteiger partial charge on any atom is 4.00 e. The summed E-state index contributed by atoms with van der Waals surface area (Å²) in [5, 5.41) is 0. The summed E-state index contributed by atoms with van der Waals surface area (Å²) in [5.41, 5.74) is 4.19. The van der Waals surface area contributed by atoms with Crippen molar-refractivity contribution in [2.45, 2.75) is 20.8 Å². The molecule has 0 saturated carbocycles. The first-order chi connectivity index (χ1) is 3.70. The molecular weight excluding hydrogens is 203 g/mol. The van der Waals surface area contributed by atoms with Crippen molar-refractivity contribution < 1.29 is 34.1 Å². The monoisotopic (exact) mass is 220 g/mol. The van der Waals surface area contributed by atoms with Crippen molar-refractivity contribution in [2.75, 3.05) is 0 Å². The van der Waals surface area contributed by atoms with Gasteiger partial charge in [0.1, 0.15) is 0 Å². The molecule has 0 saturated heterocycles. The molecule has 0 amide bonds. The first-order valence-electron chi connectivity index (χ1n) is 2.90. The van der Waals surface area contributed by atoms with E-state index in [4.69, 9.17) is 0 Å². The molecule has 0 aromatic heterocycles. The molecule has 12 heavy (non-hydrogen) atoms. The fraction of sp³-hybridized carbons (Fsp3) is 0.300. The zero-order chi connectivity index (χ0) is 6.15. The number of aryl methyl sites for hydroxylation is 3. The maximum absolute atomic E-state index is 2.20. The Morgan fingerprint density at radius 1 is 1.17 bits per heavy atom. The Kier molecular flexibility index (Phi) is 18.0. The summed E-state index contributed by atoms with van der Waals surface area (Å²) in [7, 11) is 0. The number of halogens is 1. The van der Waals surface area contributed by atoms with Gasteiger partial charge in [0.25, 0.3) is 0 Å². The number of hydrogen-bond acceptors (Lipinski definition) is 0. The fourth-order valence-corrected chi connectivity index (χ4v) is 0.952. The summed E-state index contributed by atoms with van der Waals surface area (Å²) >= 11 is 0. The van der Waals surface area contributed by atoms with Gasteiger partial charge in [0, 0.05) is 0 Å². The van der Waals surface area contributed by atoms with Crippen LogP contribution >= 0.6 is 0 Å².